The molecule has 6 nitrogen and oxygen atoms in total. The Kier molecular flexibility index (Phi) is 4.53. The quantitative estimate of drug-likeness (QED) is 0.596. The number of carbonyl (C=O) groups excluding carboxylic acids is 1. The zero-order valence-electron chi connectivity index (χ0n) is 15.7. The van der Waals surface area contributed by atoms with Crippen LogP contribution in [0.25, 0.3) is 16.9 Å². The second kappa shape index (κ2) is 7.15. The number of carbonyl (C=O) groups is 1. The van der Waals surface area contributed by atoms with Gasteiger partial charge in [0.25, 0.3) is 11.5 Å². The number of rotatable bonds is 4. The summed E-state index contributed by atoms with van der Waals surface area (Å²) in [7, 11) is 1.79. The van der Waals surface area contributed by atoms with E-state index in [0.29, 0.717) is 22.5 Å². The van der Waals surface area contributed by atoms with Gasteiger partial charge in [-0.05, 0) is 30.2 Å². The van der Waals surface area contributed by atoms with E-state index in [1.54, 1.807) is 24.0 Å². The predicted molar refractivity (Wildman–Crippen MR) is 109 cm³/mol. The summed E-state index contributed by atoms with van der Waals surface area (Å²) in [5.74, 6) is -0.292. The highest BCUT2D eigenvalue weighted by Crippen LogP contribution is 2.24. The number of benzene rings is 2. The van der Waals surface area contributed by atoms with Gasteiger partial charge in [0.1, 0.15) is 5.69 Å². The summed E-state index contributed by atoms with van der Waals surface area (Å²) in [4.78, 5) is 25.9. The Morgan fingerprint density at radius 1 is 1.04 bits per heavy atom. The number of aromatic nitrogens is 3. The minimum atomic E-state index is -0.292. The van der Waals surface area contributed by atoms with Gasteiger partial charge < -0.3 is 9.88 Å². The largest absolute Gasteiger partial charge is 0.356 e. The second-order valence-electron chi connectivity index (χ2n) is 6.62. The molecule has 0 unspecified atom stereocenters. The average molecular weight is 372 g/mol. The van der Waals surface area contributed by atoms with Crippen LogP contribution in [0.5, 0.6) is 0 Å². The monoisotopic (exact) mass is 372 g/mol. The maximum Gasteiger partial charge on any atom is 0.282 e. The standard InChI is InChI=1S/C22H20N4O2/c1-3-15-9-7-8-12-19(15)23-21(27)17-13-25(2)14-18-20(17)24-26(22(18)28)16-10-5-4-6-11-16/h4-14H,3H2,1-2H3,(H,23,27). The Balaban J connectivity index is 1.81. The van der Waals surface area contributed by atoms with Crippen molar-refractivity contribution in [3.05, 3.63) is 88.5 Å². The fraction of sp³-hybridized carbons (Fsp3) is 0.136. The highest BCUT2D eigenvalue weighted by molar-refractivity contribution is 6.08. The van der Waals surface area contributed by atoms with E-state index in [4.69, 9.17) is 0 Å². The number of fused-ring (bicyclic) bond motifs is 1. The molecule has 0 aliphatic carbocycles. The number of anilines is 1. The molecule has 2 aliphatic rings. The molecule has 2 heterocycles. The zero-order chi connectivity index (χ0) is 19.7. The van der Waals surface area contributed by atoms with Crippen molar-refractivity contribution in [3.8, 4) is 16.9 Å². The van der Waals surface area contributed by atoms with Gasteiger partial charge in [0, 0.05) is 25.1 Å². The van der Waals surface area contributed by atoms with E-state index in [-0.39, 0.29) is 11.5 Å². The second-order valence-corrected chi connectivity index (χ2v) is 6.62. The molecule has 2 aromatic carbocycles. The SMILES string of the molecule is CCc1ccccc1NC(=O)c1cn(C)cc2c(=O)n(-c3ccccc3)nc1-2. The fourth-order valence-electron chi connectivity index (χ4n) is 3.29. The zero-order valence-corrected chi connectivity index (χ0v) is 15.7. The molecule has 0 saturated carbocycles. The summed E-state index contributed by atoms with van der Waals surface area (Å²) in [6.45, 7) is 2.04. The van der Waals surface area contributed by atoms with Crippen LogP contribution in [0.15, 0.2) is 71.8 Å². The molecule has 28 heavy (non-hydrogen) atoms. The van der Waals surface area contributed by atoms with Crippen LogP contribution in [0.4, 0.5) is 5.69 Å². The third-order valence-corrected chi connectivity index (χ3v) is 4.69. The number of nitrogens with one attached hydrogen (secondary N) is 1. The molecule has 0 fully saturated rings. The first-order valence-corrected chi connectivity index (χ1v) is 9.12. The molecule has 6 heteroatoms. The molecular formula is C22H20N4O2. The van der Waals surface area contributed by atoms with Crippen LogP contribution in [0.1, 0.15) is 22.8 Å². The summed E-state index contributed by atoms with van der Waals surface area (Å²) in [6, 6.07) is 16.9. The maximum absolute atomic E-state index is 13.0. The number of amides is 1. The van der Waals surface area contributed by atoms with Gasteiger partial charge in [0.05, 0.1) is 16.8 Å². The lowest BCUT2D eigenvalue weighted by Gasteiger charge is -2.12. The number of para-hydroxylation sites is 2. The molecule has 0 atom stereocenters. The van der Waals surface area contributed by atoms with Crippen molar-refractivity contribution in [2.75, 3.05) is 5.32 Å². The summed E-state index contributed by atoms with van der Waals surface area (Å²) in [5.41, 5.74) is 3.37. The molecule has 0 spiro atoms. The van der Waals surface area contributed by atoms with E-state index >= 15 is 0 Å². The lowest BCUT2D eigenvalue weighted by molar-refractivity contribution is 0.102. The molecule has 1 amide bonds. The first-order valence-electron chi connectivity index (χ1n) is 9.12. The molecule has 0 radical (unpaired) electrons. The molecule has 2 aromatic rings. The summed E-state index contributed by atoms with van der Waals surface area (Å²) >= 11 is 0. The van der Waals surface area contributed by atoms with Gasteiger partial charge in [-0.2, -0.15) is 9.78 Å². The van der Waals surface area contributed by atoms with E-state index in [9.17, 15) is 9.59 Å². The minimum absolute atomic E-state index is 0.250. The van der Waals surface area contributed by atoms with E-state index in [1.807, 2.05) is 61.5 Å². The highest BCUT2D eigenvalue weighted by Gasteiger charge is 2.24. The summed E-state index contributed by atoms with van der Waals surface area (Å²) in [6.07, 6.45) is 4.19. The molecule has 2 aliphatic heterocycles. The van der Waals surface area contributed by atoms with Gasteiger partial charge in [-0.25, -0.2) is 0 Å². The Hall–Kier alpha value is -3.67. The van der Waals surface area contributed by atoms with Gasteiger partial charge in [0.15, 0.2) is 0 Å². The number of hydrogen-bond acceptors (Lipinski definition) is 3. The van der Waals surface area contributed by atoms with Crippen LogP contribution in [0.2, 0.25) is 0 Å². The first kappa shape index (κ1) is 17.7. The van der Waals surface area contributed by atoms with Crippen molar-refractivity contribution in [3.63, 3.8) is 0 Å². The van der Waals surface area contributed by atoms with E-state index in [1.165, 1.54) is 4.68 Å². The summed E-state index contributed by atoms with van der Waals surface area (Å²) in [5, 5.41) is 7.42. The number of pyridine rings is 1. The highest BCUT2D eigenvalue weighted by atomic mass is 16.2. The molecule has 0 aromatic heterocycles. The van der Waals surface area contributed by atoms with E-state index < -0.39 is 0 Å². The normalized spacial score (nSPS) is 10.9. The van der Waals surface area contributed by atoms with Crippen LogP contribution in [0.3, 0.4) is 0 Å². The smallest absolute Gasteiger partial charge is 0.282 e. The van der Waals surface area contributed by atoms with Gasteiger partial charge in [-0.1, -0.05) is 43.3 Å². The van der Waals surface area contributed by atoms with Crippen LogP contribution < -0.4 is 10.9 Å². The maximum atomic E-state index is 13.0. The van der Waals surface area contributed by atoms with Gasteiger partial charge in [-0.3, -0.25) is 9.59 Å². The minimum Gasteiger partial charge on any atom is -0.356 e. The lowest BCUT2D eigenvalue weighted by atomic mass is 10.1. The number of hydrogen-bond donors (Lipinski definition) is 1. The van der Waals surface area contributed by atoms with Crippen LogP contribution >= 0.6 is 0 Å². The first-order chi connectivity index (χ1) is 13.6. The molecule has 4 rings (SSSR count). The third-order valence-electron chi connectivity index (χ3n) is 4.69. The van der Waals surface area contributed by atoms with E-state index in [0.717, 1.165) is 17.7 Å². The van der Waals surface area contributed by atoms with Crippen molar-refractivity contribution >= 4 is 11.6 Å². The van der Waals surface area contributed by atoms with Gasteiger partial charge in [-0.15, -0.1) is 0 Å². The Bertz CT molecular complexity index is 1170. The molecule has 1 N–H and O–H groups in total. The molecule has 0 saturated heterocycles. The van der Waals surface area contributed by atoms with Crippen molar-refractivity contribution in [2.45, 2.75) is 13.3 Å². The Labute approximate surface area is 162 Å². The predicted octanol–water partition coefficient (Wildman–Crippen LogP) is 3.49. The van der Waals surface area contributed by atoms with Crippen LogP contribution in [-0.2, 0) is 13.5 Å². The summed E-state index contributed by atoms with van der Waals surface area (Å²) < 4.78 is 3.04. The fourth-order valence-corrected chi connectivity index (χ4v) is 3.29. The number of nitrogens with zero attached hydrogens (tertiary/aromatic N) is 3. The lowest BCUT2D eigenvalue weighted by Crippen LogP contribution is -2.17. The third kappa shape index (κ3) is 3.09. The topological polar surface area (TPSA) is 68.9 Å². The molecule has 0 bridgehead atoms. The van der Waals surface area contributed by atoms with Crippen LogP contribution in [0, 0.1) is 0 Å². The van der Waals surface area contributed by atoms with Crippen molar-refractivity contribution in [1.82, 2.24) is 14.3 Å². The van der Waals surface area contributed by atoms with Crippen molar-refractivity contribution in [1.29, 1.82) is 0 Å². The van der Waals surface area contributed by atoms with Gasteiger partial charge >= 0.3 is 0 Å². The Morgan fingerprint density at radius 2 is 1.75 bits per heavy atom. The Morgan fingerprint density at radius 3 is 2.50 bits per heavy atom. The van der Waals surface area contributed by atoms with Crippen molar-refractivity contribution in [2.24, 2.45) is 7.05 Å². The molecular weight excluding hydrogens is 352 g/mol. The average Bonchev–Trinajstić information content (AvgIpc) is 3.05. The van der Waals surface area contributed by atoms with Crippen molar-refractivity contribution < 1.29 is 4.79 Å². The number of aryl methyl sites for hydroxylation is 2. The van der Waals surface area contributed by atoms with E-state index in [2.05, 4.69) is 10.4 Å². The van der Waals surface area contributed by atoms with Crippen LogP contribution in [-0.4, -0.2) is 20.3 Å². The molecule has 140 valence electrons. The van der Waals surface area contributed by atoms with Gasteiger partial charge in [0.2, 0.25) is 0 Å².